The second-order valence-corrected chi connectivity index (χ2v) is 2.34. The van der Waals surface area contributed by atoms with Gasteiger partial charge in [-0.2, -0.15) is 0 Å². The monoisotopic (exact) mass is 200 g/mol. The molecule has 6 heteroatoms. The van der Waals surface area contributed by atoms with Gasteiger partial charge in [0.15, 0.2) is 0 Å². The number of carboxylic acid groups (broad SMARTS) is 2. The summed E-state index contributed by atoms with van der Waals surface area (Å²) in [5.41, 5.74) is 6.52. The Kier molecular flexibility index (Phi) is 5.80. The van der Waals surface area contributed by atoms with Gasteiger partial charge >= 0.3 is 11.9 Å². The van der Waals surface area contributed by atoms with Gasteiger partial charge in [0.25, 0.3) is 0 Å². The fourth-order valence-corrected chi connectivity index (χ4v) is 0.679. The Balaban J connectivity index is 0.000000255. The van der Waals surface area contributed by atoms with Crippen LogP contribution >= 0.6 is 0 Å². The molecule has 78 valence electrons. The molecule has 1 aromatic heterocycles. The molecule has 14 heavy (non-hydrogen) atoms. The molecule has 0 aliphatic carbocycles. The molecule has 5 N–H and O–H groups in total. The molecule has 1 heterocycles. The van der Waals surface area contributed by atoms with Crippen molar-refractivity contribution in [3.63, 3.8) is 0 Å². The molecule has 0 bridgehead atoms. The summed E-state index contributed by atoms with van der Waals surface area (Å²) in [5.74, 6) is -3.65. The van der Waals surface area contributed by atoms with E-state index >= 15 is 0 Å². The summed E-state index contributed by atoms with van der Waals surface area (Å²) in [4.78, 5) is 21.3. The molecule has 0 aliphatic rings. The predicted octanol–water partition coefficient (Wildman–Crippen LogP) is -0.328. The van der Waals surface area contributed by atoms with Crippen LogP contribution in [0.25, 0.3) is 0 Å². The SMILES string of the molecule is NCCc1ccc[nH]1.O=C(O)C(=O)O. The summed E-state index contributed by atoms with van der Waals surface area (Å²) in [5, 5.41) is 14.8. The van der Waals surface area contributed by atoms with Gasteiger partial charge in [-0.15, -0.1) is 0 Å². The number of carbonyl (C=O) groups is 2. The summed E-state index contributed by atoms with van der Waals surface area (Å²) in [6, 6.07) is 4.01. The topological polar surface area (TPSA) is 116 Å². The smallest absolute Gasteiger partial charge is 0.414 e. The average molecular weight is 200 g/mol. The quantitative estimate of drug-likeness (QED) is 0.488. The lowest BCUT2D eigenvalue weighted by Crippen LogP contribution is -2.09. The lowest BCUT2D eigenvalue weighted by atomic mass is 10.3. The fraction of sp³-hybridized carbons (Fsp3) is 0.250. The van der Waals surface area contributed by atoms with Gasteiger partial charge in [-0.1, -0.05) is 0 Å². The van der Waals surface area contributed by atoms with Gasteiger partial charge in [0.2, 0.25) is 0 Å². The van der Waals surface area contributed by atoms with E-state index in [0.717, 1.165) is 13.0 Å². The average Bonchev–Trinajstić information content (AvgIpc) is 2.58. The minimum atomic E-state index is -1.82. The highest BCUT2D eigenvalue weighted by Gasteiger charge is 2.04. The maximum atomic E-state index is 9.10. The van der Waals surface area contributed by atoms with Crippen LogP contribution in [0.4, 0.5) is 0 Å². The molecule has 1 aromatic rings. The van der Waals surface area contributed by atoms with E-state index in [4.69, 9.17) is 25.5 Å². The Morgan fingerprint density at radius 1 is 1.36 bits per heavy atom. The number of nitrogens with two attached hydrogens (primary N) is 1. The molecule has 1 rings (SSSR count). The van der Waals surface area contributed by atoms with Crippen LogP contribution in [0, 0.1) is 0 Å². The molecule has 0 amide bonds. The maximum Gasteiger partial charge on any atom is 0.414 e. The van der Waals surface area contributed by atoms with E-state index in [1.165, 1.54) is 5.69 Å². The van der Waals surface area contributed by atoms with Gasteiger partial charge in [0.05, 0.1) is 0 Å². The number of nitrogens with one attached hydrogen (secondary N) is 1. The Morgan fingerprint density at radius 2 is 1.93 bits per heavy atom. The molecular formula is C8H12N2O4. The van der Waals surface area contributed by atoms with E-state index in [0.29, 0.717) is 0 Å². The molecule has 6 nitrogen and oxygen atoms in total. The summed E-state index contributed by atoms with van der Waals surface area (Å²) < 4.78 is 0. The first-order valence-electron chi connectivity index (χ1n) is 3.86. The zero-order valence-electron chi connectivity index (χ0n) is 7.43. The Bertz CT molecular complexity index is 270. The van der Waals surface area contributed by atoms with Crippen molar-refractivity contribution >= 4 is 11.9 Å². The van der Waals surface area contributed by atoms with E-state index in [2.05, 4.69) is 4.98 Å². The first-order valence-corrected chi connectivity index (χ1v) is 3.86. The third-order valence-corrected chi connectivity index (χ3v) is 1.26. The molecule has 0 fully saturated rings. The highest BCUT2D eigenvalue weighted by atomic mass is 16.4. The highest BCUT2D eigenvalue weighted by Crippen LogP contribution is 1.92. The van der Waals surface area contributed by atoms with E-state index in [9.17, 15) is 0 Å². The molecule has 0 aliphatic heterocycles. The summed E-state index contributed by atoms with van der Waals surface area (Å²) in [6.45, 7) is 0.723. The van der Waals surface area contributed by atoms with Gasteiger partial charge in [-0.05, 0) is 25.1 Å². The largest absolute Gasteiger partial charge is 0.473 e. The normalized spacial score (nSPS) is 8.64. The van der Waals surface area contributed by atoms with E-state index in [-0.39, 0.29) is 0 Å². The van der Waals surface area contributed by atoms with Crippen LogP contribution in [0.1, 0.15) is 5.69 Å². The third kappa shape index (κ3) is 5.78. The first-order chi connectivity index (χ1) is 6.57. The fourth-order valence-electron chi connectivity index (χ4n) is 0.679. The first kappa shape index (κ1) is 12.2. The van der Waals surface area contributed by atoms with Crippen molar-refractivity contribution in [3.05, 3.63) is 24.0 Å². The van der Waals surface area contributed by atoms with Crippen LogP contribution in [0.3, 0.4) is 0 Å². The number of aliphatic carboxylic acids is 2. The molecular weight excluding hydrogens is 188 g/mol. The molecule has 0 aromatic carbocycles. The zero-order chi connectivity index (χ0) is 11.0. The van der Waals surface area contributed by atoms with Crippen molar-refractivity contribution in [1.82, 2.24) is 4.98 Å². The molecule has 0 atom stereocenters. The van der Waals surface area contributed by atoms with Crippen molar-refractivity contribution in [2.24, 2.45) is 5.73 Å². The minimum Gasteiger partial charge on any atom is -0.473 e. The minimum absolute atomic E-state index is 0.723. The predicted molar refractivity (Wildman–Crippen MR) is 48.8 cm³/mol. The number of carboxylic acids is 2. The molecule has 0 radical (unpaired) electrons. The lowest BCUT2D eigenvalue weighted by molar-refractivity contribution is -0.159. The molecule has 0 unspecified atom stereocenters. The number of aromatic nitrogens is 1. The van der Waals surface area contributed by atoms with Crippen molar-refractivity contribution in [2.75, 3.05) is 6.54 Å². The number of aromatic amines is 1. The number of hydrogen-bond donors (Lipinski definition) is 4. The van der Waals surface area contributed by atoms with E-state index in [1.54, 1.807) is 0 Å². The Labute approximate surface area is 80.4 Å². The van der Waals surface area contributed by atoms with Gasteiger partial charge in [-0.25, -0.2) is 9.59 Å². The number of H-pyrrole nitrogens is 1. The summed E-state index contributed by atoms with van der Waals surface area (Å²) >= 11 is 0. The maximum absolute atomic E-state index is 9.10. The molecule has 0 spiro atoms. The van der Waals surface area contributed by atoms with Crippen molar-refractivity contribution in [2.45, 2.75) is 6.42 Å². The highest BCUT2D eigenvalue weighted by molar-refractivity contribution is 6.27. The van der Waals surface area contributed by atoms with Crippen molar-refractivity contribution in [1.29, 1.82) is 0 Å². The standard InChI is InChI=1S/C6H10N2.C2H2O4/c7-4-3-6-2-1-5-8-6;3-1(4)2(5)6/h1-2,5,8H,3-4,7H2;(H,3,4)(H,5,6). The van der Waals surface area contributed by atoms with Crippen LogP contribution in [0.2, 0.25) is 0 Å². The Hall–Kier alpha value is -1.82. The van der Waals surface area contributed by atoms with Gasteiger partial charge in [0.1, 0.15) is 0 Å². The number of hydrogen-bond acceptors (Lipinski definition) is 3. The third-order valence-electron chi connectivity index (χ3n) is 1.26. The zero-order valence-corrected chi connectivity index (χ0v) is 7.43. The van der Waals surface area contributed by atoms with Crippen LogP contribution in [-0.4, -0.2) is 33.7 Å². The summed E-state index contributed by atoms with van der Waals surface area (Å²) in [6.07, 6.45) is 2.86. The van der Waals surface area contributed by atoms with Gasteiger partial charge in [-0.3, -0.25) is 0 Å². The van der Waals surface area contributed by atoms with Crippen LogP contribution in [-0.2, 0) is 16.0 Å². The van der Waals surface area contributed by atoms with Gasteiger partial charge in [0, 0.05) is 11.9 Å². The van der Waals surface area contributed by atoms with Gasteiger partial charge < -0.3 is 20.9 Å². The van der Waals surface area contributed by atoms with Crippen molar-refractivity contribution in [3.8, 4) is 0 Å². The second kappa shape index (κ2) is 6.67. The Morgan fingerprint density at radius 3 is 2.21 bits per heavy atom. The van der Waals surface area contributed by atoms with E-state index < -0.39 is 11.9 Å². The molecule has 0 saturated carbocycles. The van der Waals surface area contributed by atoms with Crippen LogP contribution < -0.4 is 5.73 Å². The second-order valence-electron chi connectivity index (χ2n) is 2.34. The summed E-state index contributed by atoms with van der Waals surface area (Å²) in [7, 11) is 0. The van der Waals surface area contributed by atoms with Crippen LogP contribution in [0.5, 0.6) is 0 Å². The van der Waals surface area contributed by atoms with E-state index in [1.807, 2.05) is 18.3 Å². The molecule has 0 saturated heterocycles. The van der Waals surface area contributed by atoms with Crippen LogP contribution in [0.15, 0.2) is 18.3 Å². The van der Waals surface area contributed by atoms with Crippen molar-refractivity contribution < 1.29 is 19.8 Å². The lowest BCUT2D eigenvalue weighted by Gasteiger charge is -1.88. The number of rotatable bonds is 2.